The van der Waals surface area contributed by atoms with Crippen LogP contribution in [-0.4, -0.2) is 45.9 Å². The van der Waals surface area contributed by atoms with Crippen molar-refractivity contribution >= 4 is 29.1 Å². The molecule has 7 heteroatoms. The van der Waals surface area contributed by atoms with Crippen LogP contribution in [0.2, 0.25) is 0 Å². The average molecular weight is 467 g/mol. The predicted octanol–water partition coefficient (Wildman–Crippen LogP) is 4.26. The summed E-state index contributed by atoms with van der Waals surface area (Å²) in [7, 11) is 0. The van der Waals surface area contributed by atoms with Crippen LogP contribution >= 0.6 is 11.6 Å². The summed E-state index contributed by atoms with van der Waals surface area (Å²) in [4.78, 5) is 36.8. The first-order valence-electron chi connectivity index (χ1n) is 11.5. The Balaban J connectivity index is 1.77. The van der Waals surface area contributed by atoms with Gasteiger partial charge in [-0.1, -0.05) is 26.0 Å². The maximum absolute atomic E-state index is 15.5. The number of ketones is 2. The van der Waals surface area contributed by atoms with Gasteiger partial charge in [-0.25, -0.2) is 4.39 Å². The van der Waals surface area contributed by atoms with Gasteiger partial charge in [0.15, 0.2) is 11.6 Å². The van der Waals surface area contributed by atoms with Crippen molar-refractivity contribution in [2.45, 2.75) is 71.1 Å². The Kier molecular flexibility index (Phi) is 5.73. The van der Waals surface area contributed by atoms with E-state index in [1.165, 1.54) is 6.08 Å². The number of aliphatic carboxylic acids is 1. The number of halogens is 2. The zero-order valence-corrected chi connectivity index (χ0v) is 19.5. The minimum Gasteiger partial charge on any atom is -0.481 e. The number of carbonyl (C=O) groups is 3. The Labute approximate surface area is 193 Å². The number of hydrogen-bond donors (Lipinski definition) is 2. The summed E-state index contributed by atoms with van der Waals surface area (Å²) in [5, 5.41) is 19.7. The Morgan fingerprint density at radius 1 is 1.31 bits per heavy atom. The highest BCUT2D eigenvalue weighted by Gasteiger charge is 2.68. The van der Waals surface area contributed by atoms with E-state index in [0.717, 1.165) is 12.0 Å². The fraction of sp³-hybridized carbons (Fsp3) is 0.720. The third-order valence-electron chi connectivity index (χ3n) is 9.72. The van der Waals surface area contributed by atoms with E-state index in [0.29, 0.717) is 18.4 Å². The minimum absolute atomic E-state index is 0.0268. The molecule has 2 N–H and O–H groups in total. The third kappa shape index (κ3) is 3.01. The summed E-state index contributed by atoms with van der Waals surface area (Å²) in [6.07, 6.45) is 1.37. The average Bonchev–Trinajstić information content (AvgIpc) is 2.95. The molecule has 0 aromatic rings. The fourth-order valence-corrected chi connectivity index (χ4v) is 8.45. The smallest absolute Gasteiger partial charge is 0.303 e. The molecule has 4 aliphatic carbocycles. The zero-order chi connectivity index (χ0) is 23.6. The summed E-state index contributed by atoms with van der Waals surface area (Å²) in [6, 6.07) is 0. The van der Waals surface area contributed by atoms with E-state index in [4.69, 9.17) is 11.6 Å². The van der Waals surface area contributed by atoms with Gasteiger partial charge in [0.1, 0.15) is 12.3 Å². The maximum Gasteiger partial charge on any atom is 0.303 e. The Morgan fingerprint density at radius 3 is 2.62 bits per heavy atom. The van der Waals surface area contributed by atoms with Gasteiger partial charge < -0.3 is 10.2 Å². The number of aliphatic hydroxyl groups is 1. The molecule has 3 fully saturated rings. The number of carbonyl (C=O) groups excluding carboxylic acids is 2. The van der Waals surface area contributed by atoms with E-state index in [-0.39, 0.29) is 55.1 Å². The standard InChI is InChI=1S/C25H32ClFO5/c1-13-8-16-14-9-18(27)17-10-19(28)20(29)11-23(17,2)15(14)4-6-24(16,3)25(13,21(30)12-26)7-5-22(31)32/h10,14-16,18,20,29H,1,4-9,11-12H2,2-3H3,(H,31,32)/t14-,15+,16+,18+,20?,23-,24+,25-/m1/s1. The van der Waals surface area contributed by atoms with Gasteiger partial charge in [-0.3, -0.25) is 14.4 Å². The van der Waals surface area contributed by atoms with Crippen LogP contribution in [0.25, 0.3) is 0 Å². The van der Waals surface area contributed by atoms with Crippen LogP contribution in [0.15, 0.2) is 23.8 Å². The first-order valence-corrected chi connectivity index (χ1v) is 12.0. The topological polar surface area (TPSA) is 91.7 Å². The molecule has 3 saturated carbocycles. The molecule has 0 aromatic heterocycles. The van der Waals surface area contributed by atoms with E-state index in [2.05, 4.69) is 6.58 Å². The lowest BCUT2D eigenvalue weighted by Gasteiger charge is -2.60. The molecular formula is C25H32ClFO5. The van der Waals surface area contributed by atoms with E-state index in [1.807, 2.05) is 13.8 Å². The Hall–Kier alpha value is -1.53. The normalized spacial score (nSPS) is 45.5. The van der Waals surface area contributed by atoms with Crippen molar-refractivity contribution in [1.29, 1.82) is 0 Å². The molecular weight excluding hydrogens is 435 g/mol. The molecule has 5 nitrogen and oxygen atoms in total. The summed E-state index contributed by atoms with van der Waals surface area (Å²) in [5.41, 5.74) is -0.955. The first kappa shape index (κ1) is 23.6. The van der Waals surface area contributed by atoms with Crippen molar-refractivity contribution in [3.8, 4) is 0 Å². The number of hydrogen-bond acceptors (Lipinski definition) is 4. The predicted molar refractivity (Wildman–Crippen MR) is 118 cm³/mol. The van der Waals surface area contributed by atoms with Gasteiger partial charge in [-0.05, 0) is 78.8 Å². The molecule has 0 heterocycles. The Bertz CT molecular complexity index is 914. The van der Waals surface area contributed by atoms with E-state index in [1.54, 1.807) is 0 Å². The number of fused-ring (bicyclic) bond motifs is 5. The second-order valence-electron chi connectivity index (χ2n) is 10.8. The van der Waals surface area contributed by atoms with Crippen molar-refractivity contribution in [3.63, 3.8) is 0 Å². The summed E-state index contributed by atoms with van der Waals surface area (Å²) < 4.78 is 15.5. The van der Waals surface area contributed by atoms with Gasteiger partial charge in [-0.2, -0.15) is 0 Å². The molecule has 1 unspecified atom stereocenters. The van der Waals surface area contributed by atoms with Gasteiger partial charge in [0.25, 0.3) is 0 Å². The van der Waals surface area contributed by atoms with Crippen LogP contribution < -0.4 is 0 Å². The monoisotopic (exact) mass is 466 g/mol. The SMILES string of the molecule is C=C1C[C@H]2[C@@H]3C[C@H](F)C4=CC(=O)C(O)C[C@]4(C)[C@H]3CC[C@]2(C)[C@@]1(CCC(=O)O)C(=O)CCl. The summed E-state index contributed by atoms with van der Waals surface area (Å²) in [6.45, 7) is 8.24. The molecule has 0 radical (unpaired) electrons. The molecule has 0 aromatic carbocycles. The van der Waals surface area contributed by atoms with Crippen molar-refractivity contribution in [2.75, 3.05) is 5.88 Å². The van der Waals surface area contributed by atoms with Gasteiger partial charge in [0.05, 0.1) is 11.3 Å². The van der Waals surface area contributed by atoms with Gasteiger partial charge in [0.2, 0.25) is 0 Å². The molecule has 8 atom stereocenters. The second kappa shape index (κ2) is 7.76. The number of alkyl halides is 2. The van der Waals surface area contributed by atoms with Crippen LogP contribution in [0, 0.1) is 34.0 Å². The molecule has 176 valence electrons. The quantitative estimate of drug-likeness (QED) is 0.466. The molecule has 0 spiro atoms. The van der Waals surface area contributed by atoms with Crippen LogP contribution in [0.1, 0.15) is 58.8 Å². The van der Waals surface area contributed by atoms with Gasteiger partial charge in [0, 0.05) is 6.42 Å². The van der Waals surface area contributed by atoms with Crippen molar-refractivity contribution in [1.82, 2.24) is 0 Å². The number of carboxylic acid groups (broad SMARTS) is 1. The number of allylic oxidation sites excluding steroid dienone is 2. The van der Waals surface area contributed by atoms with Gasteiger partial charge >= 0.3 is 5.97 Å². The second-order valence-corrected chi connectivity index (χ2v) is 11.1. The van der Waals surface area contributed by atoms with Crippen LogP contribution in [-0.2, 0) is 14.4 Å². The van der Waals surface area contributed by atoms with Gasteiger partial charge in [-0.15, -0.1) is 11.6 Å². The summed E-state index contributed by atoms with van der Waals surface area (Å²) in [5.74, 6) is -1.78. The van der Waals surface area contributed by atoms with E-state index >= 15 is 4.39 Å². The molecule has 32 heavy (non-hydrogen) atoms. The maximum atomic E-state index is 15.5. The zero-order valence-electron chi connectivity index (χ0n) is 18.7. The molecule has 0 saturated heterocycles. The number of Topliss-reactive ketones (excluding diaryl/α,β-unsaturated/α-hetero) is 1. The molecule has 0 bridgehead atoms. The first-order chi connectivity index (χ1) is 14.9. The lowest BCUT2D eigenvalue weighted by Crippen LogP contribution is -2.57. The molecule has 0 aliphatic heterocycles. The van der Waals surface area contributed by atoms with Crippen LogP contribution in [0.3, 0.4) is 0 Å². The third-order valence-corrected chi connectivity index (χ3v) is 9.96. The number of carboxylic acids is 1. The highest BCUT2D eigenvalue weighted by atomic mass is 35.5. The molecule has 0 amide bonds. The van der Waals surface area contributed by atoms with E-state index < -0.39 is 40.3 Å². The molecule has 4 rings (SSSR count). The van der Waals surface area contributed by atoms with Crippen LogP contribution in [0.4, 0.5) is 4.39 Å². The number of aliphatic hydroxyl groups excluding tert-OH is 1. The lowest BCUT2D eigenvalue weighted by atomic mass is 9.44. The van der Waals surface area contributed by atoms with Crippen molar-refractivity contribution in [3.05, 3.63) is 23.8 Å². The largest absolute Gasteiger partial charge is 0.481 e. The summed E-state index contributed by atoms with van der Waals surface area (Å²) >= 11 is 6.03. The van der Waals surface area contributed by atoms with Crippen molar-refractivity contribution < 1.29 is 29.0 Å². The highest BCUT2D eigenvalue weighted by Crippen LogP contribution is 2.72. The minimum atomic E-state index is -1.27. The lowest BCUT2D eigenvalue weighted by molar-refractivity contribution is -0.146. The fourth-order valence-electron chi connectivity index (χ4n) is 8.22. The van der Waals surface area contributed by atoms with Crippen LogP contribution in [0.5, 0.6) is 0 Å². The highest BCUT2D eigenvalue weighted by molar-refractivity contribution is 6.28. The number of rotatable bonds is 5. The van der Waals surface area contributed by atoms with Crippen molar-refractivity contribution in [2.24, 2.45) is 34.0 Å². The Morgan fingerprint density at radius 2 is 2.00 bits per heavy atom. The van der Waals surface area contributed by atoms with E-state index in [9.17, 15) is 24.6 Å². The molecule has 4 aliphatic rings.